The molecule has 2 aromatic rings. The molecule has 1 N–H and O–H groups in total. The molecule has 18 heavy (non-hydrogen) atoms. The third kappa shape index (κ3) is 2.11. The smallest absolute Gasteiger partial charge is 0.175 e. The molecule has 0 amide bonds. The largest absolute Gasteiger partial charge is 0.504 e. The molecule has 96 valence electrons. The average molecular weight is 266 g/mol. The number of aromatic hydroxyl groups is 1. The van der Waals surface area contributed by atoms with Crippen LogP contribution in [0.5, 0.6) is 5.75 Å². The van der Waals surface area contributed by atoms with Crippen molar-refractivity contribution in [1.29, 1.82) is 0 Å². The minimum absolute atomic E-state index is 0.0724. The van der Waals surface area contributed by atoms with Crippen molar-refractivity contribution < 1.29 is 13.5 Å². The lowest BCUT2D eigenvalue weighted by Gasteiger charge is -2.01. The minimum atomic E-state index is -3.27. The molecule has 0 fully saturated rings. The Labute approximate surface area is 106 Å². The summed E-state index contributed by atoms with van der Waals surface area (Å²) < 4.78 is 24.5. The molecule has 0 aliphatic rings. The van der Waals surface area contributed by atoms with E-state index in [1.807, 2.05) is 0 Å². The molecule has 0 spiro atoms. The first-order chi connectivity index (χ1) is 8.30. The molecule has 1 aromatic heterocycles. The molecule has 0 aliphatic carbocycles. The van der Waals surface area contributed by atoms with Crippen LogP contribution in [0.25, 0.3) is 11.3 Å². The van der Waals surface area contributed by atoms with Gasteiger partial charge in [-0.2, -0.15) is 5.10 Å². The number of aromatic nitrogens is 2. The van der Waals surface area contributed by atoms with Crippen molar-refractivity contribution in [2.75, 3.05) is 6.26 Å². The van der Waals surface area contributed by atoms with Gasteiger partial charge in [0, 0.05) is 18.9 Å². The highest BCUT2D eigenvalue weighted by Crippen LogP contribution is 2.31. The zero-order valence-electron chi connectivity index (χ0n) is 10.4. The molecule has 6 heteroatoms. The second-order valence-electron chi connectivity index (χ2n) is 4.21. The van der Waals surface area contributed by atoms with Crippen LogP contribution in [-0.4, -0.2) is 29.6 Å². The number of aryl methyl sites for hydroxylation is 1. The van der Waals surface area contributed by atoms with E-state index in [9.17, 15) is 13.5 Å². The zero-order valence-corrected chi connectivity index (χ0v) is 11.2. The lowest BCUT2D eigenvalue weighted by Crippen LogP contribution is -1.97. The van der Waals surface area contributed by atoms with Crippen molar-refractivity contribution in [3.8, 4) is 17.0 Å². The summed E-state index contributed by atoms with van der Waals surface area (Å²) in [5.41, 5.74) is 1.61. The third-order valence-electron chi connectivity index (χ3n) is 2.84. The molecule has 2 rings (SSSR count). The van der Waals surface area contributed by atoms with E-state index in [1.165, 1.54) is 12.1 Å². The van der Waals surface area contributed by atoms with Gasteiger partial charge in [0.1, 0.15) is 5.69 Å². The average Bonchev–Trinajstić information content (AvgIpc) is 2.56. The van der Waals surface area contributed by atoms with Crippen LogP contribution in [0.15, 0.2) is 29.2 Å². The fourth-order valence-electron chi connectivity index (χ4n) is 1.67. The molecule has 0 bridgehead atoms. The predicted molar refractivity (Wildman–Crippen MR) is 68.2 cm³/mol. The highest BCUT2D eigenvalue weighted by molar-refractivity contribution is 7.90. The van der Waals surface area contributed by atoms with Crippen LogP contribution in [0.3, 0.4) is 0 Å². The second-order valence-corrected chi connectivity index (χ2v) is 6.22. The van der Waals surface area contributed by atoms with Gasteiger partial charge in [-0.05, 0) is 19.1 Å². The summed E-state index contributed by atoms with van der Waals surface area (Å²) in [6.45, 7) is 1.74. The monoisotopic (exact) mass is 266 g/mol. The van der Waals surface area contributed by atoms with Gasteiger partial charge in [-0.1, -0.05) is 12.1 Å². The van der Waals surface area contributed by atoms with Gasteiger partial charge in [0.05, 0.1) is 10.6 Å². The van der Waals surface area contributed by atoms with Crippen molar-refractivity contribution >= 4 is 9.84 Å². The highest BCUT2D eigenvalue weighted by Gasteiger charge is 2.15. The normalized spacial score (nSPS) is 11.7. The van der Waals surface area contributed by atoms with E-state index >= 15 is 0 Å². The van der Waals surface area contributed by atoms with Gasteiger partial charge in [-0.15, -0.1) is 0 Å². The summed E-state index contributed by atoms with van der Waals surface area (Å²) >= 11 is 0. The number of hydrogen-bond donors (Lipinski definition) is 1. The van der Waals surface area contributed by atoms with E-state index in [4.69, 9.17) is 0 Å². The zero-order chi connectivity index (χ0) is 13.5. The van der Waals surface area contributed by atoms with Crippen molar-refractivity contribution in [3.05, 3.63) is 30.0 Å². The molecule has 0 unspecified atom stereocenters. The number of benzene rings is 1. The van der Waals surface area contributed by atoms with Crippen LogP contribution >= 0.6 is 0 Å². The Bertz CT molecular complexity index is 702. The summed E-state index contributed by atoms with van der Waals surface area (Å²) in [6, 6.07) is 6.38. The standard InChI is InChI=1S/C12H14N2O3S/c1-8-12(15)11(13-14(8)2)9-5-4-6-10(7-9)18(3,16)17/h4-7,15H,1-3H3. The van der Waals surface area contributed by atoms with Crippen molar-refractivity contribution in [2.45, 2.75) is 11.8 Å². The minimum Gasteiger partial charge on any atom is -0.504 e. The molecule has 0 aliphatic heterocycles. The van der Waals surface area contributed by atoms with Crippen molar-refractivity contribution in [3.63, 3.8) is 0 Å². The number of rotatable bonds is 2. The first-order valence-electron chi connectivity index (χ1n) is 5.34. The first kappa shape index (κ1) is 12.6. The Morgan fingerprint density at radius 2 is 2.00 bits per heavy atom. The molecule has 1 aromatic carbocycles. The quantitative estimate of drug-likeness (QED) is 0.894. The maximum Gasteiger partial charge on any atom is 0.175 e. The van der Waals surface area contributed by atoms with Gasteiger partial charge < -0.3 is 5.11 Å². The molecular formula is C12H14N2O3S. The van der Waals surface area contributed by atoms with E-state index in [1.54, 1.807) is 30.8 Å². The third-order valence-corrected chi connectivity index (χ3v) is 3.95. The number of sulfone groups is 1. The van der Waals surface area contributed by atoms with Gasteiger partial charge in [0.2, 0.25) is 0 Å². The van der Waals surface area contributed by atoms with Crippen LogP contribution in [-0.2, 0) is 16.9 Å². The van der Waals surface area contributed by atoms with Crippen LogP contribution in [0.1, 0.15) is 5.69 Å². The Morgan fingerprint density at radius 3 is 2.50 bits per heavy atom. The molecule has 0 saturated carbocycles. The van der Waals surface area contributed by atoms with E-state index in [0.29, 0.717) is 17.0 Å². The Balaban J connectivity index is 2.62. The van der Waals surface area contributed by atoms with Gasteiger partial charge in [0.25, 0.3) is 0 Å². The summed E-state index contributed by atoms with van der Waals surface area (Å²) in [4.78, 5) is 0.211. The summed E-state index contributed by atoms with van der Waals surface area (Å²) in [7, 11) is -1.54. The Kier molecular flexibility index (Phi) is 2.90. The molecule has 0 atom stereocenters. The maximum atomic E-state index is 11.5. The maximum absolute atomic E-state index is 11.5. The van der Waals surface area contributed by atoms with Gasteiger partial charge in [0.15, 0.2) is 15.6 Å². The molecule has 5 nitrogen and oxygen atoms in total. The molecule has 0 saturated heterocycles. The summed E-state index contributed by atoms with van der Waals surface area (Å²) in [6.07, 6.45) is 1.15. The van der Waals surface area contributed by atoms with Gasteiger partial charge >= 0.3 is 0 Å². The second kappa shape index (κ2) is 4.13. The van der Waals surface area contributed by atoms with E-state index in [2.05, 4.69) is 5.10 Å². The van der Waals surface area contributed by atoms with Gasteiger partial charge in [-0.25, -0.2) is 8.42 Å². The van der Waals surface area contributed by atoms with Crippen LogP contribution in [0, 0.1) is 6.92 Å². The Morgan fingerprint density at radius 1 is 1.33 bits per heavy atom. The van der Waals surface area contributed by atoms with Crippen LogP contribution < -0.4 is 0 Å². The van der Waals surface area contributed by atoms with Crippen LogP contribution in [0.4, 0.5) is 0 Å². The molecular weight excluding hydrogens is 252 g/mol. The van der Waals surface area contributed by atoms with Crippen LogP contribution in [0.2, 0.25) is 0 Å². The number of hydrogen-bond acceptors (Lipinski definition) is 4. The van der Waals surface area contributed by atoms with E-state index in [0.717, 1.165) is 6.26 Å². The topological polar surface area (TPSA) is 72.2 Å². The fourth-order valence-corrected chi connectivity index (χ4v) is 2.33. The fraction of sp³-hybridized carbons (Fsp3) is 0.250. The highest BCUT2D eigenvalue weighted by atomic mass is 32.2. The van der Waals surface area contributed by atoms with Crippen molar-refractivity contribution in [1.82, 2.24) is 9.78 Å². The van der Waals surface area contributed by atoms with Gasteiger partial charge in [-0.3, -0.25) is 4.68 Å². The lowest BCUT2D eigenvalue weighted by molar-refractivity contribution is 0.471. The SMILES string of the molecule is Cc1c(O)c(-c2cccc(S(C)(=O)=O)c2)nn1C. The molecule has 1 heterocycles. The predicted octanol–water partition coefficient (Wildman–Crippen LogP) is 1.50. The summed E-state index contributed by atoms with van der Waals surface area (Å²) in [5.74, 6) is 0.0724. The number of nitrogens with zero attached hydrogens (tertiary/aromatic N) is 2. The van der Waals surface area contributed by atoms with E-state index in [-0.39, 0.29) is 10.6 Å². The summed E-state index contributed by atoms with van der Waals surface area (Å²) in [5, 5.41) is 14.1. The Hall–Kier alpha value is -1.82. The lowest BCUT2D eigenvalue weighted by atomic mass is 10.1. The van der Waals surface area contributed by atoms with E-state index < -0.39 is 9.84 Å². The first-order valence-corrected chi connectivity index (χ1v) is 7.23. The van der Waals surface area contributed by atoms with Crippen molar-refractivity contribution in [2.24, 2.45) is 7.05 Å². The molecule has 0 radical (unpaired) electrons.